The third kappa shape index (κ3) is 2.83. The van der Waals surface area contributed by atoms with Crippen LogP contribution in [0.15, 0.2) is 54.3 Å². The van der Waals surface area contributed by atoms with E-state index in [0.29, 0.717) is 0 Å². The van der Waals surface area contributed by atoms with Gasteiger partial charge < -0.3 is 9.47 Å². The molecule has 126 valence electrons. The van der Waals surface area contributed by atoms with Crippen molar-refractivity contribution in [3.63, 3.8) is 0 Å². The number of hydrogen-bond acceptors (Lipinski definition) is 3. The Morgan fingerprint density at radius 3 is 2.84 bits per heavy atom. The number of aryl methyl sites for hydroxylation is 1. The molecule has 0 saturated carbocycles. The first kappa shape index (κ1) is 15.9. The Morgan fingerprint density at radius 1 is 1.20 bits per heavy atom. The molecule has 0 amide bonds. The highest BCUT2D eigenvalue weighted by molar-refractivity contribution is 7.18. The van der Waals surface area contributed by atoms with Gasteiger partial charge in [-0.05, 0) is 43.7 Å². The van der Waals surface area contributed by atoms with Crippen LogP contribution in [0.25, 0.3) is 21.9 Å². The summed E-state index contributed by atoms with van der Waals surface area (Å²) in [7, 11) is 1.70. The number of aromatic nitrogens is 1. The molecule has 0 radical (unpaired) electrons. The van der Waals surface area contributed by atoms with Crippen molar-refractivity contribution >= 4 is 33.2 Å². The van der Waals surface area contributed by atoms with E-state index in [-0.39, 0.29) is 0 Å². The van der Waals surface area contributed by atoms with Crippen molar-refractivity contribution in [3.8, 4) is 11.5 Å². The molecule has 3 nitrogen and oxygen atoms in total. The molecule has 0 fully saturated rings. The predicted octanol–water partition coefficient (Wildman–Crippen LogP) is 5.05. The Balaban J connectivity index is 1.81. The van der Waals surface area contributed by atoms with Gasteiger partial charge in [-0.2, -0.15) is 4.57 Å². The minimum atomic E-state index is 0.872. The lowest BCUT2D eigenvalue weighted by atomic mass is 10.0. The Morgan fingerprint density at radius 2 is 2.04 bits per heavy atom. The Hall–Kier alpha value is -2.59. The van der Waals surface area contributed by atoms with Gasteiger partial charge in [0.25, 0.3) is 5.01 Å². The van der Waals surface area contributed by atoms with Crippen LogP contribution < -0.4 is 14.0 Å². The van der Waals surface area contributed by atoms with E-state index < -0.39 is 0 Å². The molecule has 0 N–H and O–H groups in total. The zero-order valence-electron chi connectivity index (χ0n) is 14.6. The summed E-state index contributed by atoms with van der Waals surface area (Å²) in [4.78, 5) is 0. The maximum Gasteiger partial charge on any atom is 0.266 e. The molecule has 0 spiro atoms. The molecule has 2 aromatic carbocycles. The second-order valence-corrected chi connectivity index (χ2v) is 7.05. The van der Waals surface area contributed by atoms with Crippen LogP contribution in [0, 0.1) is 0 Å². The molecule has 4 rings (SSSR count). The van der Waals surface area contributed by atoms with Gasteiger partial charge in [0.1, 0.15) is 28.5 Å². The molecule has 1 aliphatic rings. The molecule has 0 atom stereocenters. The monoisotopic (exact) mass is 350 g/mol. The van der Waals surface area contributed by atoms with Crippen LogP contribution >= 0.6 is 11.3 Å². The number of nitrogens with zero attached hydrogens (tertiary/aromatic N) is 1. The quantitative estimate of drug-likeness (QED) is 0.617. The Bertz CT molecular complexity index is 1010. The number of rotatable bonds is 3. The number of ether oxygens (including phenoxy) is 2. The number of para-hydroxylation sites is 1. The Kier molecular flexibility index (Phi) is 4.06. The molecule has 2 heterocycles. The standard InChI is InChI=1S/C21H20NO2S/c1-4-22-18-12-15(23-3)9-10-20(18)25-21(22)13-16-11-14(2)17-7-5-6-8-19(17)24-16/h5-13H,4H2,1-3H3/q+1/b16-13+. The minimum absolute atomic E-state index is 0.872. The molecule has 3 aromatic rings. The van der Waals surface area contributed by atoms with Gasteiger partial charge in [-0.25, -0.2) is 0 Å². The van der Waals surface area contributed by atoms with Gasteiger partial charge in [-0.15, -0.1) is 0 Å². The summed E-state index contributed by atoms with van der Waals surface area (Å²) in [5.41, 5.74) is 3.57. The van der Waals surface area contributed by atoms with Gasteiger partial charge >= 0.3 is 0 Å². The lowest BCUT2D eigenvalue weighted by Crippen LogP contribution is -2.33. The van der Waals surface area contributed by atoms with E-state index in [1.807, 2.05) is 24.3 Å². The molecule has 0 unspecified atom stereocenters. The number of thiazole rings is 1. The maximum absolute atomic E-state index is 6.10. The zero-order chi connectivity index (χ0) is 17.4. The zero-order valence-corrected chi connectivity index (χ0v) is 15.4. The normalized spacial score (nSPS) is 15.0. The summed E-state index contributed by atoms with van der Waals surface area (Å²) < 4.78 is 15.0. The molecule has 0 aliphatic carbocycles. The molecule has 1 aromatic heterocycles. The van der Waals surface area contributed by atoms with Crippen molar-refractivity contribution in [2.75, 3.05) is 7.11 Å². The van der Waals surface area contributed by atoms with Crippen molar-refractivity contribution < 1.29 is 14.0 Å². The molecular formula is C21H20NO2S+. The Labute approximate surface area is 151 Å². The van der Waals surface area contributed by atoms with Crippen molar-refractivity contribution in [1.82, 2.24) is 0 Å². The van der Waals surface area contributed by atoms with E-state index in [2.05, 4.69) is 48.8 Å². The maximum atomic E-state index is 6.10. The highest BCUT2D eigenvalue weighted by Gasteiger charge is 2.20. The molecule has 0 bridgehead atoms. The second kappa shape index (κ2) is 6.37. The first-order chi connectivity index (χ1) is 12.2. The predicted molar refractivity (Wildman–Crippen MR) is 103 cm³/mol. The number of fused-ring (bicyclic) bond motifs is 2. The van der Waals surface area contributed by atoms with Gasteiger partial charge in [0.2, 0.25) is 5.52 Å². The average molecular weight is 350 g/mol. The fourth-order valence-electron chi connectivity index (χ4n) is 3.16. The number of methoxy groups -OCH3 is 1. The van der Waals surface area contributed by atoms with Crippen LogP contribution in [0.3, 0.4) is 0 Å². The third-order valence-corrected chi connectivity index (χ3v) is 5.53. The summed E-state index contributed by atoms with van der Waals surface area (Å²) in [5.74, 6) is 2.67. The summed E-state index contributed by atoms with van der Waals surface area (Å²) in [6, 6.07) is 14.4. The number of benzene rings is 2. The molecule has 4 heteroatoms. The molecule has 1 aliphatic heterocycles. The summed E-state index contributed by atoms with van der Waals surface area (Å²) >= 11 is 1.77. The van der Waals surface area contributed by atoms with E-state index in [4.69, 9.17) is 9.47 Å². The molecule has 25 heavy (non-hydrogen) atoms. The number of hydrogen-bond donors (Lipinski definition) is 0. The van der Waals surface area contributed by atoms with E-state index in [1.165, 1.54) is 20.8 Å². The van der Waals surface area contributed by atoms with Crippen molar-refractivity contribution in [2.24, 2.45) is 0 Å². The topological polar surface area (TPSA) is 22.3 Å². The van der Waals surface area contributed by atoms with Gasteiger partial charge in [-0.1, -0.05) is 29.5 Å². The lowest BCUT2D eigenvalue weighted by Gasteiger charge is -2.17. The second-order valence-electron chi connectivity index (χ2n) is 5.99. The van der Waals surface area contributed by atoms with Crippen molar-refractivity contribution in [3.05, 3.63) is 64.9 Å². The highest BCUT2D eigenvalue weighted by Crippen LogP contribution is 2.34. The minimum Gasteiger partial charge on any atom is -0.497 e. The third-order valence-electron chi connectivity index (χ3n) is 4.42. The van der Waals surface area contributed by atoms with Crippen molar-refractivity contribution in [1.29, 1.82) is 0 Å². The largest absolute Gasteiger partial charge is 0.497 e. The lowest BCUT2D eigenvalue weighted by molar-refractivity contribution is -0.665. The fraction of sp³-hybridized carbons (Fsp3) is 0.190. The van der Waals surface area contributed by atoms with E-state index in [1.54, 1.807) is 18.4 Å². The van der Waals surface area contributed by atoms with Gasteiger partial charge in [-0.3, -0.25) is 0 Å². The van der Waals surface area contributed by atoms with Crippen LogP contribution in [-0.2, 0) is 6.54 Å². The van der Waals surface area contributed by atoms with Gasteiger partial charge in [0, 0.05) is 5.56 Å². The fourth-order valence-corrected chi connectivity index (χ4v) is 4.31. The van der Waals surface area contributed by atoms with Gasteiger partial charge in [0.05, 0.1) is 19.3 Å². The van der Waals surface area contributed by atoms with E-state index in [0.717, 1.165) is 29.4 Å². The molecule has 0 saturated heterocycles. The molecular weight excluding hydrogens is 330 g/mol. The first-order valence-electron chi connectivity index (χ1n) is 8.37. The average Bonchev–Trinajstić information content (AvgIpc) is 2.97. The number of allylic oxidation sites excluding steroid dienone is 2. The highest BCUT2D eigenvalue weighted by atomic mass is 32.1. The summed E-state index contributed by atoms with van der Waals surface area (Å²) in [6.07, 6.45) is 4.23. The summed E-state index contributed by atoms with van der Waals surface area (Å²) in [6.45, 7) is 5.18. The van der Waals surface area contributed by atoms with Crippen molar-refractivity contribution in [2.45, 2.75) is 20.4 Å². The van der Waals surface area contributed by atoms with Crippen LogP contribution in [-0.4, -0.2) is 7.11 Å². The van der Waals surface area contributed by atoms with Gasteiger partial charge in [0.15, 0.2) is 0 Å². The van der Waals surface area contributed by atoms with Crippen LogP contribution in [0.2, 0.25) is 0 Å². The smallest absolute Gasteiger partial charge is 0.266 e. The van der Waals surface area contributed by atoms with Crippen LogP contribution in [0.5, 0.6) is 11.5 Å². The van der Waals surface area contributed by atoms with Crippen LogP contribution in [0.4, 0.5) is 0 Å². The SMILES string of the molecule is CC[n+]1c(/C=C2\C=C(C)c3ccccc3O2)sc2ccc(OC)cc21. The van der Waals surface area contributed by atoms with Crippen LogP contribution in [0.1, 0.15) is 24.4 Å². The van der Waals surface area contributed by atoms with E-state index >= 15 is 0 Å². The summed E-state index contributed by atoms with van der Waals surface area (Å²) in [5, 5.41) is 1.17. The first-order valence-corrected chi connectivity index (χ1v) is 9.19. The van der Waals surface area contributed by atoms with E-state index in [9.17, 15) is 0 Å².